The Morgan fingerprint density at radius 2 is 2.21 bits per heavy atom. The third kappa shape index (κ3) is 4.96. The molecular formula is C12H18N2O4S. The fourth-order valence-electron chi connectivity index (χ4n) is 1.54. The summed E-state index contributed by atoms with van der Waals surface area (Å²) in [5.74, 6) is 0.991. The molecule has 1 aromatic rings. The van der Waals surface area contributed by atoms with Gasteiger partial charge < -0.3 is 10.5 Å². The van der Waals surface area contributed by atoms with Gasteiger partial charge in [-0.25, -0.2) is 0 Å². The number of nitrogens with zero attached hydrogens (tertiary/aromatic N) is 1. The van der Waals surface area contributed by atoms with Gasteiger partial charge in [0.1, 0.15) is 0 Å². The molecule has 2 atom stereocenters. The predicted molar refractivity (Wildman–Crippen MR) is 74.6 cm³/mol. The molecule has 2 unspecified atom stereocenters. The van der Waals surface area contributed by atoms with Crippen LogP contribution in [0.2, 0.25) is 0 Å². The molecule has 0 heterocycles. The first-order valence-electron chi connectivity index (χ1n) is 5.86. The quantitative estimate of drug-likeness (QED) is 0.606. The van der Waals surface area contributed by atoms with Gasteiger partial charge in [-0.1, -0.05) is 6.07 Å². The number of benzene rings is 1. The molecule has 0 spiro atoms. The number of rotatable bonds is 7. The standard InChI is InChI=1S/C12H18N2O4S/c1-9(13)5-6-19(17)8-10-3-4-12(18-2)11(7-10)14(15)16/h3-4,7,9H,5-6,8,13H2,1-2H3. The first-order chi connectivity index (χ1) is 8.93. The van der Waals surface area contributed by atoms with Gasteiger partial charge in [-0.3, -0.25) is 14.3 Å². The van der Waals surface area contributed by atoms with Crippen LogP contribution in [0.15, 0.2) is 18.2 Å². The number of hydrogen-bond donors (Lipinski definition) is 1. The Bertz CT molecular complexity index is 477. The van der Waals surface area contributed by atoms with Crippen molar-refractivity contribution in [3.63, 3.8) is 0 Å². The van der Waals surface area contributed by atoms with E-state index in [-0.39, 0.29) is 23.2 Å². The SMILES string of the molecule is COc1ccc(CS(=O)CCC(C)N)cc1[N+](=O)[O-]. The molecule has 19 heavy (non-hydrogen) atoms. The van der Waals surface area contributed by atoms with E-state index in [2.05, 4.69) is 0 Å². The molecule has 0 radical (unpaired) electrons. The average Bonchev–Trinajstić information content (AvgIpc) is 2.36. The maximum absolute atomic E-state index is 11.8. The van der Waals surface area contributed by atoms with Crippen LogP contribution in [0, 0.1) is 10.1 Å². The smallest absolute Gasteiger partial charge is 0.311 e. The zero-order valence-electron chi connectivity index (χ0n) is 11.0. The molecule has 2 N–H and O–H groups in total. The molecule has 0 aliphatic heterocycles. The van der Waals surface area contributed by atoms with Gasteiger partial charge in [0.15, 0.2) is 5.75 Å². The Morgan fingerprint density at radius 1 is 1.53 bits per heavy atom. The van der Waals surface area contributed by atoms with Crippen molar-refractivity contribution in [2.45, 2.75) is 25.1 Å². The van der Waals surface area contributed by atoms with Crippen molar-refractivity contribution in [3.8, 4) is 5.75 Å². The van der Waals surface area contributed by atoms with Gasteiger partial charge in [-0.05, 0) is 25.0 Å². The monoisotopic (exact) mass is 286 g/mol. The lowest BCUT2D eigenvalue weighted by Crippen LogP contribution is -2.18. The Hall–Kier alpha value is -1.47. The van der Waals surface area contributed by atoms with Gasteiger partial charge in [-0.2, -0.15) is 0 Å². The molecule has 6 nitrogen and oxygen atoms in total. The zero-order chi connectivity index (χ0) is 14.4. The maximum atomic E-state index is 11.8. The van der Waals surface area contributed by atoms with E-state index in [0.29, 0.717) is 17.7 Å². The third-order valence-corrected chi connectivity index (χ3v) is 3.91. The highest BCUT2D eigenvalue weighted by atomic mass is 32.2. The predicted octanol–water partition coefficient (Wildman–Crippen LogP) is 1.59. The fourth-order valence-corrected chi connectivity index (χ4v) is 2.87. The van der Waals surface area contributed by atoms with Crippen molar-refractivity contribution in [1.29, 1.82) is 0 Å². The van der Waals surface area contributed by atoms with Crippen LogP contribution in [-0.2, 0) is 16.6 Å². The molecule has 0 fully saturated rings. The highest BCUT2D eigenvalue weighted by molar-refractivity contribution is 7.84. The average molecular weight is 286 g/mol. The summed E-state index contributed by atoms with van der Waals surface area (Å²) >= 11 is 0. The van der Waals surface area contributed by atoms with E-state index in [4.69, 9.17) is 10.5 Å². The van der Waals surface area contributed by atoms with Crippen molar-refractivity contribution in [3.05, 3.63) is 33.9 Å². The van der Waals surface area contributed by atoms with E-state index in [0.717, 1.165) is 0 Å². The van der Waals surface area contributed by atoms with Gasteiger partial charge in [0.2, 0.25) is 0 Å². The van der Waals surface area contributed by atoms with Gasteiger partial charge in [0.05, 0.1) is 12.0 Å². The molecular weight excluding hydrogens is 268 g/mol. The summed E-state index contributed by atoms with van der Waals surface area (Å²) in [6.45, 7) is 1.86. The topological polar surface area (TPSA) is 95.5 Å². The highest BCUT2D eigenvalue weighted by Gasteiger charge is 2.16. The second-order valence-electron chi connectivity index (χ2n) is 4.32. The van der Waals surface area contributed by atoms with Crippen molar-refractivity contribution in [2.75, 3.05) is 12.9 Å². The summed E-state index contributed by atoms with van der Waals surface area (Å²) < 4.78 is 16.7. The Balaban J connectivity index is 2.77. The van der Waals surface area contributed by atoms with Crippen molar-refractivity contribution in [1.82, 2.24) is 0 Å². The van der Waals surface area contributed by atoms with Gasteiger partial charge >= 0.3 is 5.69 Å². The van der Waals surface area contributed by atoms with E-state index in [1.807, 2.05) is 6.92 Å². The van der Waals surface area contributed by atoms with Crippen LogP contribution in [0.3, 0.4) is 0 Å². The van der Waals surface area contributed by atoms with Crippen LogP contribution in [0.4, 0.5) is 5.69 Å². The molecule has 0 aliphatic rings. The number of nitrogens with two attached hydrogens (primary N) is 1. The first-order valence-corrected chi connectivity index (χ1v) is 7.34. The highest BCUT2D eigenvalue weighted by Crippen LogP contribution is 2.27. The van der Waals surface area contributed by atoms with Gasteiger partial charge in [0, 0.05) is 34.4 Å². The molecule has 0 aromatic heterocycles. The van der Waals surface area contributed by atoms with E-state index in [9.17, 15) is 14.3 Å². The van der Waals surface area contributed by atoms with E-state index in [1.165, 1.54) is 19.2 Å². The molecule has 1 aromatic carbocycles. The van der Waals surface area contributed by atoms with E-state index >= 15 is 0 Å². The minimum absolute atomic E-state index is 0.00848. The number of nitro groups is 1. The lowest BCUT2D eigenvalue weighted by molar-refractivity contribution is -0.385. The molecule has 1 rings (SSSR count). The summed E-state index contributed by atoms with van der Waals surface area (Å²) in [5, 5.41) is 10.9. The van der Waals surface area contributed by atoms with Crippen LogP contribution >= 0.6 is 0 Å². The van der Waals surface area contributed by atoms with Crippen LogP contribution in [0.25, 0.3) is 0 Å². The van der Waals surface area contributed by atoms with Gasteiger partial charge in [-0.15, -0.1) is 0 Å². The summed E-state index contributed by atoms with van der Waals surface area (Å²) in [4.78, 5) is 10.4. The van der Waals surface area contributed by atoms with Crippen LogP contribution < -0.4 is 10.5 Å². The fraction of sp³-hybridized carbons (Fsp3) is 0.500. The summed E-state index contributed by atoms with van der Waals surface area (Å²) in [7, 11) is 0.313. The lowest BCUT2D eigenvalue weighted by atomic mass is 10.2. The minimum atomic E-state index is -1.07. The Kier molecular flexibility index (Phi) is 5.91. The summed E-state index contributed by atoms with van der Waals surface area (Å²) in [6, 6.07) is 4.63. The lowest BCUT2D eigenvalue weighted by Gasteiger charge is -2.07. The maximum Gasteiger partial charge on any atom is 0.311 e. The molecule has 0 saturated heterocycles. The van der Waals surface area contributed by atoms with Crippen molar-refractivity contribution in [2.24, 2.45) is 5.73 Å². The van der Waals surface area contributed by atoms with E-state index < -0.39 is 15.7 Å². The van der Waals surface area contributed by atoms with Crippen LogP contribution in [0.5, 0.6) is 5.75 Å². The normalized spacial score (nSPS) is 13.8. The molecule has 0 saturated carbocycles. The van der Waals surface area contributed by atoms with Gasteiger partial charge in [0.25, 0.3) is 0 Å². The van der Waals surface area contributed by atoms with Crippen molar-refractivity contribution >= 4 is 16.5 Å². The van der Waals surface area contributed by atoms with Crippen molar-refractivity contribution < 1.29 is 13.9 Å². The number of methoxy groups -OCH3 is 1. The molecule has 0 bridgehead atoms. The summed E-state index contributed by atoms with van der Waals surface area (Å²) in [6.07, 6.45) is 0.671. The number of hydrogen-bond acceptors (Lipinski definition) is 5. The number of ether oxygens (including phenoxy) is 1. The summed E-state index contributed by atoms with van der Waals surface area (Å²) in [5.41, 5.74) is 6.15. The molecule has 7 heteroatoms. The largest absolute Gasteiger partial charge is 0.490 e. The minimum Gasteiger partial charge on any atom is -0.490 e. The molecule has 0 aliphatic carbocycles. The molecule has 106 valence electrons. The first kappa shape index (κ1) is 15.6. The third-order valence-electron chi connectivity index (χ3n) is 2.57. The molecule has 0 amide bonds. The zero-order valence-corrected chi connectivity index (χ0v) is 11.8. The van der Waals surface area contributed by atoms with Crippen LogP contribution in [-0.4, -0.2) is 28.0 Å². The number of nitro benzene ring substituents is 1. The second-order valence-corrected chi connectivity index (χ2v) is 5.89. The van der Waals surface area contributed by atoms with Crippen LogP contribution in [0.1, 0.15) is 18.9 Å². The Labute approximate surface area is 114 Å². The van der Waals surface area contributed by atoms with E-state index in [1.54, 1.807) is 6.07 Å². The second kappa shape index (κ2) is 7.20. The Morgan fingerprint density at radius 3 is 2.74 bits per heavy atom.